The molecule has 222 valence electrons. The van der Waals surface area contributed by atoms with E-state index in [-0.39, 0.29) is 0 Å². The highest BCUT2D eigenvalue weighted by Gasteiger charge is 2.08. The number of rotatable bonds is 27. The van der Waals surface area contributed by atoms with E-state index in [1.165, 1.54) is 158 Å². The molecule has 0 bridgehead atoms. The van der Waals surface area contributed by atoms with Gasteiger partial charge in [-0.15, -0.1) is 0 Å². The fourth-order valence-corrected chi connectivity index (χ4v) is 5.86. The van der Waals surface area contributed by atoms with Crippen LogP contribution in [0.1, 0.15) is 172 Å². The van der Waals surface area contributed by atoms with E-state index in [9.17, 15) is 0 Å². The molecule has 0 saturated heterocycles. The number of aryl methyl sites for hydroxylation is 4. The van der Waals surface area contributed by atoms with Crippen LogP contribution in [-0.2, 0) is 25.8 Å². The van der Waals surface area contributed by atoms with E-state index in [0.717, 1.165) is 25.8 Å². The highest BCUT2D eigenvalue weighted by atomic mass is 15.1. The second kappa shape index (κ2) is 24.2. The lowest BCUT2D eigenvalue weighted by atomic mass is 10.0. The van der Waals surface area contributed by atoms with Gasteiger partial charge in [-0.05, 0) is 37.7 Å². The van der Waals surface area contributed by atoms with Crippen molar-refractivity contribution in [3.8, 4) is 0 Å². The molecule has 0 radical (unpaired) electrons. The zero-order valence-corrected chi connectivity index (χ0v) is 26.2. The van der Waals surface area contributed by atoms with Crippen LogP contribution >= 0.6 is 0 Å². The van der Waals surface area contributed by atoms with Gasteiger partial charge < -0.3 is 4.57 Å². The normalized spacial score (nSPS) is 11.4. The molecule has 2 heteroatoms. The summed E-state index contributed by atoms with van der Waals surface area (Å²) >= 11 is 0. The van der Waals surface area contributed by atoms with Gasteiger partial charge in [0.15, 0.2) is 0 Å². The zero-order valence-electron chi connectivity index (χ0n) is 26.2. The Balaban J connectivity index is 1.62. The van der Waals surface area contributed by atoms with Crippen molar-refractivity contribution in [2.24, 2.45) is 0 Å². The van der Waals surface area contributed by atoms with Crippen molar-refractivity contribution in [2.45, 2.75) is 181 Å². The smallest absolute Gasteiger partial charge is 0.108 e. The molecule has 0 fully saturated rings. The van der Waals surface area contributed by atoms with Gasteiger partial charge in [0.1, 0.15) is 5.82 Å². The van der Waals surface area contributed by atoms with Crippen LogP contribution in [0, 0.1) is 0 Å². The Bertz CT molecular complexity index is 778. The van der Waals surface area contributed by atoms with E-state index >= 15 is 0 Å². The standard InChI is InChI=1S/C37H64N2/c1-3-5-7-9-11-12-13-14-15-16-17-18-20-25-32-37-38-36(31-27-30-35-28-23-22-24-29-35)34-39(37)33-26-21-19-10-8-6-4-2/h22-24,28-29,34H,3-21,25-27,30-33H2,1-2H3. The Morgan fingerprint density at radius 2 is 0.974 bits per heavy atom. The van der Waals surface area contributed by atoms with Gasteiger partial charge in [0, 0.05) is 19.2 Å². The van der Waals surface area contributed by atoms with Crippen molar-refractivity contribution in [1.82, 2.24) is 9.55 Å². The van der Waals surface area contributed by atoms with Crippen molar-refractivity contribution in [3.63, 3.8) is 0 Å². The zero-order chi connectivity index (χ0) is 27.6. The van der Waals surface area contributed by atoms with Crippen molar-refractivity contribution in [3.05, 3.63) is 53.6 Å². The highest BCUT2D eigenvalue weighted by Crippen LogP contribution is 2.16. The van der Waals surface area contributed by atoms with Gasteiger partial charge in [-0.25, -0.2) is 4.98 Å². The number of aromatic nitrogens is 2. The van der Waals surface area contributed by atoms with Crippen LogP contribution < -0.4 is 0 Å². The molecule has 0 atom stereocenters. The molecule has 2 aromatic rings. The number of hydrogen-bond donors (Lipinski definition) is 0. The number of hydrogen-bond acceptors (Lipinski definition) is 1. The largest absolute Gasteiger partial charge is 0.335 e. The summed E-state index contributed by atoms with van der Waals surface area (Å²) < 4.78 is 2.52. The molecule has 1 heterocycles. The van der Waals surface area contributed by atoms with Crippen LogP contribution in [-0.4, -0.2) is 9.55 Å². The summed E-state index contributed by atoms with van der Waals surface area (Å²) in [5, 5.41) is 0. The number of imidazole rings is 1. The van der Waals surface area contributed by atoms with Crippen molar-refractivity contribution < 1.29 is 0 Å². The molecule has 39 heavy (non-hydrogen) atoms. The van der Waals surface area contributed by atoms with Crippen LogP contribution in [0.4, 0.5) is 0 Å². The first-order chi connectivity index (χ1) is 19.3. The summed E-state index contributed by atoms with van der Waals surface area (Å²) in [5.41, 5.74) is 2.76. The summed E-state index contributed by atoms with van der Waals surface area (Å²) in [4.78, 5) is 5.14. The molecule has 0 N–H and O–H groups in total. The molecular weight excluding hydrogens is 472 g/mol. The fraction of sp³-hybridized carbons (Fsp3) is 0.757. The molecule has 0 unspecified atom stereocenters. The van der Waals surface area contributed by atoms with E-state index in [0.29, 0.717) is 0 Å². The lowest BCUT2D eigenvalue weighted by Gasteiger charge is -2.08. The molecular formula is C37H64N2. The third kappa shape index (κ3) is 17.7. The molecule has 1 aromatic heterocycles. The topological polar surface area (TPSA) is 17.8 Å². The Morgan fingerprint density at radius 3 is 1.51 bits per heavy atom. The molecule has 0 spiro atoms. The predicted molar refractivity (Wildman–Crippen MR) is 173 cm³/mol. The van der Waals surface area contributed by atoms with Gasteiger partial charge in [0.2, 0.25) is 0 Å². The van der Waals surface area contributed by atoms with Gasteiger partial charge in [-0.1, -0.05) is 166 Å². The minimum Gasteiger partial charge on any atom is -0.335 e. The van der Waals surface area contributed by atoms with Gasteiger partial charge in [-0.3, -0.25) is 0 Å². The Kier molecular flexibility index (Phi) is 20.9. The molecule has 0 aliphatic rings. The van der Waals surface area contributed by atoms with E-state index in [1.54, 1.807) is 0 Å². The summed E-state index contributed by atoms with van der Waals surface area (Å²) in [7, 11) is 0. The average molecular weight is 537 g/mol. The SMILES string of the molecule is CCCCCCCCCCCCCCCCc1nc(CCCc2ccccc2)cn1CCCCCCCCC. The summed E-state index contributed by atoms with van der Waals surface area (Å²) in [6, 6.07) is 10.9. The van der Waals surface area contributed by atoms with E-state index in [4.69, 9.17) is 4.98 Å². The summed E-state index contributed by atoms with van der Waals surface area (Å²) in [6.45, 7) is 5.77. The summed E-state index contributed by atoms with van der Waals surface area (Å²) in [6.07, 6.45) is 36.5. The number of benzene rings is 1. The van der Waals surface area contributed by atoms with E-state index in [2.05, 4.69) is 54.9 Å². The number of nitrogens with zero attached hydrogens (tertiary/aromatic N) is 2. The van der Waals surface area contributed by atoms with Crippen molar-refractivity contribution in [2.75, 3.05) is 0 Å². The first kappa shape index (κ1) is 33.6. The Labute approximate surface area is 243 Å². The summed E-state index contributed by atoms with van der Waals surface area (Å²) in [5.74, 6) is 1.36. The molecule has 1 aromatic carbocycles. The van der Waals surface area contributed by atoms with Crippen LogP contribution in [0.3, 0.4) is 0 Å². The molecule has 0 saturated carbocycles. The number of unbranched alkanes of at least 4 members (excludes halogenated alkanes) is 19. The van der Waals surface area contributed by atoms with Gasteiger partial charge in [0.25, 0.3) is 0 Å². The first-order valence-electron chi connectivity index (χ1n) is 17.4. The fourth-order valence-electron chi connectivity index (χ4n) is 5.86. The van der Waals surface area contributed by atoms with E-state index in [1.807, 2.05) is 0 Å². The first-order valence-corrected chi connectivity index (χ1v) is 17.4. The molecule has 2 nitrogen and oxygen atoms in total. The van der Waals surface area contributed by atoms with Crippen LogP contribution in [0.25, 0.3) is 0 Å². The van der Waals surface area contributed by atoms with Crippen LogP contribution in [0.5, 0.6) is 0 Å². The quantitative estimate of drug-likeness (QED) is 0.104. The van der Waals surface area contributed by atoms with E-state index < -0.39 is 0 Å². The van der Waals surface area contributed by atoms with Crippen LogP contribution in [0.2, 0.25) is 0 Å². The molecule has 0 aliphatic carbocycles. The minimum atomic E-state index is 1.10. The maximum atomic E-state index is 5.14. The third-order valence-corrected chi connectivity index (χ3v) is 8.41. The van der Waals surface area contributed by atoms with Crippen molar-refractivity contribution >= 4 is 0 Å². The Morgan fingerprint density at radius 1 is 0.487 bits per heavy atom. The third-order valence-electron chi connectivity index (χ3n) is 8.41. The van der Waals surface area contributed by atoms with Crippen LogP contribution in [0.15, 0.2) is 36.5 Å². The van der Waals surface area contributed by atoms with Gasteiger partial charge in [-0.2, -0.15) is 0 Å². The maximum absolute atomic E-state index is 5.14. The second-order valence-corrected chi connectivity index (χ2v) is 12.1. The predicted octanol–water partition coefficient (Wildman–Crippen LogP) is 11.8. The van der Waals surface area contributed by atoms with Gasteiger partial charge >= 0.3 is 0 Å². The second-order valence-electron chi connectivity index (χ2n) is 12.1. The molecule has 2 rings (SSSR count). The van der Waals surface area contributed by atoms with Gasteiger partial charge in [0.05, 0.1) is 5.69 Å². The minimum absolute atomic E-state index is 1.10. The Hall–Kier alpha value is -1.57. The maximum Gasteiger partial charge on any atom is 0.108 e. The molecule has 0 amide bonds. The molecule has 0 aliphatic heterocycles. The lowest BCUT2D eigenvalue weighted by molar-refractivity contribution is 0.523. The highest BCUT2D eigenvalue weighted by molar-refractivity contribution is 5.15. The lowest BCUT2D eigenvalue weighted by Crippen LogP contribution is -2.03. The van der Waals surface area contributed by atoms with Crippen molar-refractivity contribution in [1.29, 1.82) is 0 Å². The monoisotopic (exact) mass is 537 g/mol. The average Bonchev–Trinajstić information content (AvgIpc) is 3.34.